The van der Waals surface area contributed by atoms with Gasteiger partial charge in [-0.05, 0) is 17.6 Å². The summed E-state index contributed by atoms with van der Waals surface area (Å²) in [7, 11) is -0.772. The smallest absolute Gasteiger partial charge is 0.301 e. The highest BCUT2D eigenvalue weighted by Gasteiger charge is 2.14. The van der Waals surface area contributed by atoms with E-state index in [1.807, 2.05) is 6.92 Å². The van der Waals surface area contributed by atoms with Crippen molar-refractivity contribution in [3.63, 3.8) is 0 Å². The Kier molecular flexibility index (Phi) is 6.56. The fraction of sp³-hybridized carbons (Fsp3) is 0.455. The van der Waals surface area contributed by atoms with E-state index >= 15 is 0 Å². The van der Waals surface area contributed by atoms with Crippen molar-refractivity contribution in [2.75, 3.05) is 12.4 Å². The molecule has 1 unspecified atom stereocenters. The van der Waals surface area contributed by atoms with E-state index in [2.05, 4.69) is 10.1 Å². The maximum atomic E-state index is 12.7. The first-order valence-electron chi connectivity index (χ1n) is 5.47. The first kappa shape index (κ1) is 14.8. The largest absolute Gasteiger partial charge is 0.396 e. The van der Waals surface area contributed by atoms with Gasteiger partial charge in [0.25, 0.3) is 0 Å². The zero-order valence-electron chi connectivity index (χ0n) is 9.94. The monoisotopic (exact) mass is 280 g/mol. The summed E-state index contributed by atoms with van der Waals surface area (Å²) in [6.07, 6.45) is 1.35. The van der Waals surface area contributed by atoms with Crippen molar-refractivity contribution >= 4 is 22.7 Å². The molecule has 1 atom stereocenters. The molecule has 0 aromatic rings. The van der Waals surface area contributed by atoms with E-state index in [-0.39, 0.29) is 6.42 Å². The molecule has 0 saturated heterocycles. The lowest BCUT2D eigenvalue weighted by molar-refractivity contribution is 0.160. The highest BCUT2D eigenvalue weighted by molar-refractivity contribution is 8.31. The second-order valence-electron chi connectivity index (χ2n) is 3.40. The molecule has 0 spiro atoms. The Morgan fingerprint density at radius 2 is 2.28 bits per heavy atom. The van der Waals surface area contributed by atoms with Gasteiger partial charge >= 0.3 is 6.08 Å². The summed E-state index contributed by atoms with van der Waals surface area (Å²) in [6, 6.07) is 0. The van der Waals surface area contributed by atoms with E-state index in [0.29, 0.717) is 18.8 Å². The Labute approximate surface area is 106 Å². The summed E-state index contributed by atoms with van der Waals surface area (Å²) in [6.45, 7) is 2.31. The summed E-state index contributed by atoms with van der Waals surface area (Å²) in [5, 5.41) is 3.70. The molecule has 0 aromatic heterocycles. The number of thiol groups is 1. The molecule has 0 bridgehead atoms. The molecule has 3 nitrogen and oxygen atoms in total. The molecule has 0 saturated carbocycles. The van der Waals surface area contributed by atoms with Crippen molar-refractivity contribution in [1.82, 2.24) is 0 Å². The first-order valence-corrected chi connectivity index (χ1v) is 7.07. The number of allylic oxidation sites excluding steroid dienone is 2. The zero-order valence-corrected chi connectivity index (χ0v) is 10.8. The Balaban J connectivity index is 2.40. The zero-order chi connectivity index (χ0) is 13.4. The fourth-order valence-corrected chi connectivity index (χ4v) is 3.04. The lowest BCUT2D eigenvalue weighted by atomic mass is 10.4. The number of nitrogens with zero attached hydrogens (tertiary/aromatic N) is 2. The average Bonchev–Trinajstić information content (AvgIpc) is 2.79. The second-order valence-corrected chi connectivity index (χ2v) is 5.60. The Morgan fingerprint density at radius 1 is 1.50 bits per heavy atom. The van der Waals surface area contributed by atoms with E-state index in [0.717, 1.165) is 4.91 Å². The van der Waals surface area contributed by atoms with Gasteiger partial charge in [0.2, 0.25) is 0 Å². The molecule has 7 heteroatoms. The molecular weight excluding hydrogens is 265 g/mol. The van der Waals surface area contributed by atoms with Gasteiger partial charge in [-0.1, -0.05) is 5.16 Å². The van der Waals surface area contributed by atoms with Crippen LogP contribution in [0.5, 0.6) is 0 Å². The van der Waals surface area contributed by atoms with Crippen LogP contribution >= 0.6 is 10.9 Å². The SMILES string of the molecule is CCO/N=C\CC1=CN=C[SH]1CCC(F)=C(F)F. The summed E-state index contributed by atoms with van der Waals surface area (Å²) in [5.74, 6) is -0.990. The standard InChI is InChI=1S/C11H15F3N2OS/c1-2-17-16-5-3-9-7-15-8-18(9)6-4-10(12)11(13)14/h5,7-8,18H,2-4,6H2,1H3/b16-5-. The lowest BCUT2D eigenvalue weighted by Crippen LogP contribution is -1.94. The molecule has 18 heavy (non-hydrogen) atoms. The summed E-state index contributed by atoms with van der Waals surface area (Å²) >= 11 is 0. The topological polar surface area (TPSA) is 34.0 Å². The van der Waals surface area contributed by atoms with Gasteiger partial charge in [-0.2, -0.15) is 19.7 Å². The number of halogens is 3. The normalized spacial score (nSPS) is 20.2. The van der Waals surface area contributed by atoms with Gasteiger partial charge in [0.05, 0.1) is 0 Å². The highest BCUT2D eigenvalue weighted by atomic mass is 32.2. The minimum absolute atomic E-state index is 0.250. The minimum atomic E-state index is -2.23. The van der Waals surface area contributed by atoms with Crippen LogP contribution in [0.25, 0.3) is 0 Å². The maximum absolute atomic E-state index is 12.7. The van der Waals surface area contributed by atoms with Crippen LogP contribution in [0, 0.1) is 0 Å². The molecule has 0 N–H and O–H groups in total. The number of aliphatic imine (C=N–C) groups is 1. The van der Waals surface area contributed by atoms with Gasteiger partial charge < -0.3 is 4.84 Å². The van der Waals surface area contributed by atoms with Gasteiger partial charge in [0, 0.05) is 30.8 Å². The Bertz CT molecular complexity index is 390. The molecule has 1 aliphatic rings. The van der Waals surface area contributed by atoms with E-state index in [4.69, 9.17) is 4.84 Å². The van der Waals surface area contributed by atoms with Crippen LogP contribution in [0.2, 0.25) is 0 Å². The van der Waals surface area contributed by atoms with Crippen LogP contribution in [0.1, 0.15) is 19.8 Å². The van der Waals surface area contributed by atoms with Crippen LogP contribution < -0.4 is 0 Å². The molecule has 1 heterocycles. The summed E-state index contributed by atoms with van der Waals surface area (Å²) in [4.78, 5) is 9.77. The van der Waals surface area contributed by atoms with E-state index in [1.165, 1.54) is 0 Å². The van der Waals surface area contributed by atoms with E-state index < -0.39 is 22.8 Å². The van der Waals surface area contributed by atoms with E-state index in [1.54, 1.807) is 18.0 Å². The lowest BCUT2D eigenvalue weighted by Gasteiger charge is -2.14. The van der Waals surface area contributed by atoms with Crippen molar-refractivity contribution in [2.24, 2.45) is 10.1 Å². The minimum Gasteiger partial charge on any atom is -0.396 e. The quantitative estimate of drug-likeness (QED) is 0.430. The average molecular weight is 280 g/mol. The van der Waals surface area contributed by atoms with E-state index in [9.17, 15) is 13.2 Å². The fourth-order valence-electron chi connectivity index (χ4n) is 1.29. The molecular formula is C11H15F3N2OS. The highest BCUT2D eigenvalue weighted by Crippen LogP contribution is 2.39. The third-order valence-corrected chi connectivity index (χ3v) is 4.31. The first-order chi connectivity index (χ1) is 8.65. The summed E-state index contributed by atoms with van der Waals surface area (Å²) < 4.78 is 36.5. The van der Waals surface area contributed by atoms with Crippen molar-refractivity contribution in [3.8, 4) is 0 Å². The molecule has 0 radical (unpaired) electrons. The van der Waals surface area contributed by atoms with Gasteiger partial charge in [0.1, 0.15) is 6.61 Å². The molecule has 0 amide bonds. The van der Waals surface area contributed by atoms with Gasteiger partial charge in [-0.15, -0.1) is 0 Å². The van der Waals surface area contributed by atoms with Crippen molar-refractivity contribution in [1.29, 1.82) is 0 Å². The number of hydrogen-bond acceptors (Lipinski definition) is 3. The van der Waals surface area contributed by atoms with Crippen molar-refractivity contribution < 1.29 is 18.0 Å². The predicted molar refractivity (Wildman–Crippen MR) is 70.1 cm³/mol. The van der Waals surface area contributed by atoms with Gasteiger partial charge in [-0.3, -0.25) is 4.99 Å². The van der Waals surface area contributed by atoms with Crippen LogP contribution in [0.3, 0.4) is 0 Å². The van der Waals surface area contributed by atoms with Gasteiger partial charge in [0.15, 0.2) is 5.83 Å². The van der Waals surface area contributed by atoms with Gasteiger partial charge in [-0.25, -0.2) is 4.39 Å². The second kappa shape index (κ2) is 7.97. The summed E-state index contributed by atoms with van der Waals surface area (Å²) in [5.41, 5.74) is 1.70. The van der Waals surface area contributed by atoms with Crippen LogP contribution in [0.15, 0.2) is 33.2 Å². The number of rotatable bonds is 7. The van der Waals surface area contributed by atoms with Crippen LogP contribution in [-0.4, -0.2) is 24.1 Å². The van der Waals surface area contributed by atoms with Crippen molar-refractivity contribution in [2.45, 2.75) is 19.8 Å². The van der Waals surface area contributed by atoms with Crippen molar-refractivity contribution in [3.05, 3.63) is 23.0 Å². The Hall–Kier alpha value is -1.24. The van der Waals surface area contributed by atoms with Crippen LogP contribution in [0.4, 0.5) is 13.2 Å². The molecule has 0 aromatic carbocycles. The molecule has 0 aliphatic carbocycles. The molecule has 1 aliphatic heterocycles. The van der Waals surface area contributed by atoms with Crippen LogP contribution in [-0.2, 0) is 4.84 Å². The number of oxime groups is 1. The molecule has 102 valence electrons. The third-order valence-electron chi connectivity index (χ3n) is 2.15. The molecule has 1 rings (SSSR count). The Morgan fingerprint density at radius 3 is 2.94 bits per heavy atom. The molecule has 0 fully saturated rings. The third kappa shape index (κ3) is 4.95. The number of hydrogen-bond donors (Lipinski definition) is 1. The predicted octanol–water partition coefficient (Wildman–Crippen LogP) is 3.75. The maximum Gasteiger partial charge on any atom is 0.301 e.